The second-order valence-corrected chi connectivity index (χ2v) is 7.24. The van der Waals surface area contributed by atoms with E-state index in [2.05, 4.69) is 26.0 Å². The zero-order valence-corrected chi connectivity index (χ0v) is 15.6. The maximum atomic E-state index is 11.9. The van der Waals surface area contributed by atoms with Gasteiger partial charge in [-0.3, -0.25) is 9.78 Å². The Morgan fingerprint density at radius 3 is 2.79 bits per heavy atom. The monoisotopic (exact) mass is 372 g/mol. The van der Waals surface area contributed by atoms with Crippen LogP contribution in [-0.4, -0.2) is 37.3 Å². The first-order valence-electron chi connectivity index (χ1n) is 9.37. The van der Waals surface area contributed by atoms with Crippen molar-refractivity contribution in [1.82, 2.24) is 24.8 Å². The van der Waals surface area contributed by atoms with Crippen molar-refractivity contribution in [2.45, 2.75) is 26.3 Å². The summed E-state index contributed by atoms with van der Waals surface area (Å²) in [5.74, 6) is 1.29. The number of anilines is 1. The van der Waals surface area contributed by atoms with Crippen LogP contribution >= 0.6 is 0 Å². The number of imidazole rings is 1. The first-order chi connectivity index (χ1) is 13.6. The Hall–Kier alpha value is -3.48. The van der Waals surface area contributed by atoms with Crippen LogP contribution in [0.25, 0.3) is 33.1 Å². The minimum absolute atomic E-state index is 0.174. The van der Waals surface area contributed by atoms with Gasteiger partial charge in [0.2, 0.25) is 5.91 Å². The van der Waals surface area contributed by atoms with Crippen molar-refractivity contribution in [3.63, 3.8) is 0 Å². The van der Waals surface area contributed by atoms with Crippen molar-refractivity contribution in [3.05, 3.63) is 48.0 Å². The Kier molecular flexibility index (Phi) is 3.75. The van der Waals surface area contributed by atoms with E-state index in [0.29, 0.717) is 24.3 Å². The number of aromatic amines is 1. The summed E-state index contributed by atoms with van der Waals surface area (Å²) >= 11 is 0. The van der Waals surface area contributed by atoms with E-state index in [4.69, 9.17) is 5.73 Å². The van der Waals surface area contributed by atoms with E-state index in [-0.39, 0.29) is 5.91 Å². The van der Waals surface area contributed by atoms with Gasteiger partial charge >= 0.3 is 0 Å². The van der Waals surface area contributed by atoms with Crippen LogP contribution in [0.5, 0.6) is 0 Å². The van der Waals surface area contributed by atoms with Crippen LogP contribution in [-0.2, 0) is 11.3 Å². The van der Waals surface area contributed by atoms with E-state index >= 15 is 0 Å². The molecular formula is C21H20N6O. The van der Waals surface area contributed by atoms with Gasteiger partial charge in [0.1, 0.15) is 11.3 Å². The van der Waals surface area contributed by atoms with Crippen molar-refractivity contribution in [3.8, 4) is 11.1 Å². The molecule has 140 valence electrons. The van der Waals surface area contributed by atoms with Gasteiger partial charge in [0.05, 0.1) is 17.6 Å². The predicted molar refractivity (Wildman–Crippen MR) is 108 cm³/mol. The Balaban J connectivity index is 1.58. The fourth-order valence-electron chi connectivity index (χ4n) is 3.77. The molecule has 1 aromatic carbocycles. The zero-order valence-electron chi connectivity index (χ0n) is 15.6. The van der Waals surface area contributed by atoms with Gasteiger partial charge < -0.3 is 15.6 Å². The number of nitrogens with two attached hydrogens (primary N) is 1. The minimum atomic E-state index is 0.174. The van der Waals surface area contributed by atoms with Crippen LogP contribution in [0.3, 0.4) is 0 Å². The number of amides is 1. The molecule has 4 heterocycles. The third kappa shape index (κ3) is 2.76. The molecule has 0 bridgehead atoms. The number of fused-ring (bicyclic) bond motifs is 3. The second-order valence-electron chi connectivity index (χ2n) is 7.24. The number of likely N-dealkylation sites (tertiary alicyclic amines) is 1. The molecule has 3 aromatic heterocycles. The number of nitrogens with zero attached hydrogens (tertiary/aromatic N) is 4. The first-order valence-corrected chi connectivity index (χ1v) is 9.37. The van der Waals surface area contributed by atoms with E-state index in [1.807, 2.05) is 42.3 Å². The molecular weight excluding hydrogens is 352 g/mol. The molecule has 3 N–H and O–H groups in total. The number of carbonyl (C=O) groups excluding carboxylic acids is 1. The summed E-state index contributed by atoms with van der Waals surface area (Å²) in [6.07, 6.45) is 3.38. The van der Waals surface area contributed by atoms with Crippen molar-refractivity contribution in [2.75, 3.05) is 12.3 Å². The molecule has 7 nitrogen and oxygen atoms in total. The molecule has 0 atom stereocenters. The van der Waals surface area contributed by atoms with E-state index in [1.54, 1.807) is 0 Å². The lowest BCUT2D eigenvalue weighted by Crippen LogP contribution is -2.24. The molecule has 1 aliphatic rings. The van der Waals surface area contributed by atoms with Gasteiger partial charge in [0.25, 0.3) is 0 Å². The van der Waals surface area contributed by atoms with Gasteiger partial charge in [0.15, 0.2) is 5.82 Å². The van der Waals surface area contributed by atoms with Crippen LogP contribution in [0.1, 0.15) is 24.4 Å². The Morgan fingerprint density at radius 1 is 1.18 bits per heavy atom. The summed E-state index contributed by atoms with van der Waals surface area (Å²) in [5.41, 5.74) is 11.6. The number of rotatable bonds is 3. The number of aromatic nitrogens is 4. The molecule has 0 unspecified atom stereocenters. The van der Waals surface area contributed by atoms with Crippen LogP contribution in [0.15, 0.2) is 36.5 Å². The lowest BCUT2D eigenvalue weighted by Gasteiger charge is -2.12. The van der Waals surface area contributed by atoms with E-state index in [0.717, 1.165) is 52.0 Å². The number of H-pyrrole nitrogens is 1. The summed E-state index contributed by atoms with van der Waals surface area (Å²) in [6, 6.07) is 10.1. The summed E-state index contributed by atoms with van der Waals surface area (Å²) in [5, 5.41) is 0.958. The molecule has 7 heteroatoms. The van der Waals surface area contributed by atoms with Crippen molar-refractivity contribution in [2.24, 2.45) is 0 Å². The Labute approximate surface area is 161 Å². The van der Waals surface area contributed by atoms with Crippen LogP contribution in [0.2, 0.25) is 0 Å². The largest absolute Gasteiger partial charge is 0.382 e. The highest BCUT2D eigenvalue weighted by molar-refractivity contribution is 6.07. The fraction of sp³-hybridized carbons (Fsp3) is 0.238. The molecule has 4 aromatic rings. The standard InChI is InChI=1S/C21H20N6O/c1-12-4-5-14(10-23-12)13-6-7-15-16(9-13)24-21(22)20-19(15)25-17(26-20)11-27-8-2-3-18(27)28/h4-7,9-10H,2-3,8,11H2,1H3,(H2,22,24)(H,25,26). The molecule has 5 rings (SSSR count). The maximum Gasteiger partial charge on any atom is 0.223 e. The molecule has 0 radical (unpaired) electrons. The number of benzene rings is 1. The van der Waals surface area contributed by atoms with Gasteiger partial charge in [-0.25, -0.2) is 9.97 Å². The number of hydrogen-bond donors (Lipinski definition) is 2. The lowest BCUT2D eigenvalue weighted by atomic mass is 10.0. The summed E-state index contributed by atoms with van der Waals surface area (Å²) < 4.78 is 0. The molecule has 28 heavy (non-hydrogen) atoms. The molecule has 1 aliphatic heterocycles. The first kappa shape index (κ1) is 16.7. The number of hydrogen-bond acceptors (Lipinski definition) is 5. The average Bonchev–Trinajstić information content (AvgIpc) is 3.29. The highest BCUT2D eigenvalue weighted by Gasteiger charge is 2.22. The van der Waals surface area contributed by atoms with Gasteiger partial charge in [0, 0.05) is 35.8 Å². The SMILES string of the molecule is Cc1ccc(-c2ccc3c(c2)nc(N)c2nc(CN4CCCC4=O)[nH]c23)cn1. The third-order valence-corrected chi connectivity index (χ3v) is 5.26. The topological polar surface area (TPSA) is 101 Å². The number of carbonyl (C=O) groups is 1. The highest BCUT2D eigenvalue weighted by Crippen LogP contribution is 2.30. The second kappa shape index (κ2) is 6.30. The van der Waals surface area contributed by atoms with E-state index in [1.165, 1.54) is 0 Å². The average molecular weight is 372 g/mol. The van der Waals surface area contributed by atoms with E-state index in [9.17, 15) is 4.79 Å². The van der Waals surface area contributed by atoms with Crippen molar-refractivity contribution < 1.29 is 4.79 Å². The van der Waals surface area contributed by atoms with E-state index < -0.39 is 0 Å². The van der Waals surface area contributed by atoms with Gasteiger partial charge in [-0.05, 0) is 31.0 Å². The smallest absolute Gasteiger partial charge is 0.223 e. The number of nitrogens with one attached hydrogen (secondary N) is 1. The summed E-state index contributed by atoms with van der Waals surface area (Å²) in [4.78, 5) is 30.6. The van der Waals surface area contributed by atoms with Gasteiger partial charge in [-0.1, -0.05) is 18.2 Å². The number of pyridine rings is 2. The van der Waals surface area contributed by atoms with Gasteiger partial charge in [-0.15, -0.1) is 0 Å². The molecule has 0 saturated carbocycles. The van der Waals surface area contributed by atoms with Crippen LogP contribution < -0.4 is 5.73 Å². The minimum Gasteiger partial charge on any atom is -0.382 e. The van der Waals surface area contributed by atoms with Crippen LogP contribution in [0.4, 0.5) is 5.82 Å². The molecule has 1 amide bonds. The molecule has 1 saturated heterocycles. The summed E-state index contributed by atoms with van der Waals surface area (Å²) in [7, 11) is 0. The van der Waals surface area contributed by atoms with Crippen molar-refractivity contribution >= 4 is 33.7 Å². The highest BCUT2D eigenvalue weighted by atomic mass is 16.2. The summed E-state index contributed by atoms with van der Waals surface area (Å²) in [6.45, 7) is 3.22. The fourth-order valence-corrected chi connectivity index (χ4v) is 3.77. The zero-order chi connectivity index (χ0) is 19.3. The Bertz CT molecular complexity index is 1210. The van der Waals surface area contributed by atoms with Crippen LogP contribution in [0, 0.1) is 6.92 Å². The number of aryl methyl sites for hydroxylation is 1. The van der Waals surface area contributed by atoms with Crippen molar-refractivity contribution in [1.29, 1.82) is 0 Å². The molecule has 1 fully saturated rings. The molecule has 0 spiro atoms. The third-order valence-electron chi connectivity index (χ3n) is 5.26. The maximum absolute atomic E-state index is 11.9. The number of nitrogen functional groups attached to an aromatic ring is 1. The Morgan fingerprint density at radius 2 is 2.04 bits per heavy atom. The molecule has 0 aliphatic carbocycles. The van der Waals surface area contributed by atoms with Gasteiger partial charge in [-0.2, -0.15) is 0 Å². The predicted octanol–water partition coefficient (Wildman–Crippen LogP) is 3.19. The lowest BCUT2D eigenvalue weighted by molar-refractivity contribution is -0.128. The quantitative estimate of drug-likeness (QED) is 0.575. The normalized spacial score (nSPS) is 14.5.